The van der Waals surface area contributed by atoms with Gasteiger partial charge in [-0.15, -0.1) is 0 Å². The summed E-state index contributed by atoms with van der Waals surface area (Å²) in [6.07, 6.45) is 1.26. The van der Waals surface area contributed by atoms with Gasteiger partial charge in [-0.1, -0.05) is 22.0 Å². The van der Waals surface area contributed by atoms with Gasteiger partial charge >= 0.3 is 0 Å². The Morgan fingerprint density at radius 2 is 1.92 bits per heavy atom. The third-order valence-corrected chi connectivity index (χ3v) is 7.79. The van der Waals surface area contributed by atoms with E-state index in [4.69, 9.17) is 0 Å². The Kier molecular flexibility index (Phi) is 5.45. The molecule has 1 aromatic carbocycles. The molecule has 1 aromatic rings. The number of benzene rings is 1. The second kappa shape index (κ2) is 7.01. The number of hydrogen-bond donors (Lipinski definition) is 1. The maximum Gasteiger partial charge on any atom is 0.241 e. The van der Waals surface area contributed by atoms with Crippen LogP contribution in [0.1, 0.15) is 63.6 Å². The van der Waals surface area contributed by atoms with E-state index in [0.29, 0.717) is 12.8 Å². The number of alkyl halides is 2. The highest BCUT2D eigenvalue weighted by atomic mass is 79.9. The predicted molar refractivity (Wildman–Crippen MR) is 102 cm³/mol. The zero-order valence-electron chi connectivity index (χ0n) is 15.0. The average molecular weight is 434 g/mol. The Balaban J connectivity index is 1.91. The van der Waals surface area contributed by atoms with Gasteiger partial charge in [-0.3, -0.25) is 0 Å². The number of fused-ring (bicyclic) bond motifs is 1. The molecular formula is C19H26BrF2NOS. The van der Waals surface area contributed by atoms with Crippen LogP contribution in [0.2, 0.25) is 0 Å². The summed E-state index contributed by atoms with van der Waals surface area (Å²) < 4.78 is 43.0. The van der Waals surface area contributed by atoms with Crippen LogP contribution in [0.25, 0.3) is 0 Å². The van der Waals surface area contributed by atoms with E-state index in [2.05, 4.69) is 32.8 Å². The second-order valence-corrected chi connectivity index (χ2v) is 11.4. The van der Waals surface area contributed by atoms with Gasteiger partial charge in [0, 0.05) is 10.4 Å². The predicted octanol–water partition coefficient (Wildman–Crippen LogP) is 5.54. The van der Waals surface area contributed by atoms with Crippen LogP contribution in [-0.2, 0) is 17.4 Å². The van der Waals surface area contributed by atoms with E-state index < -0.39 is 23.3 Å². The molecule has 2 aliphatic carbocycles. The van der Waals surface area contributed by atoms with E-state index in [1.807, 2.05) is 26.8 Å². The molecule has 0 heterocycles. The SMILES string of the molecule is CC(C)(C)S(=O)NC1c2cc(Br)ccc2CC12CCC(C(F)F)CC2. The van der Waals surface area contributed by atoms with Crippen LogP contribution in [0.15, 0.2) is 22.7 Å². The maximum absolute atomic E-state index is 13.1. The fraction of sp³-hybridized carbons (Fsp3) is 0.684. The first-order valence-electron chi connectivity index (χ1n) is 8.87. The van der Waals surface area contributed by atoms with Crippen molar-refractivity contribution in [3.63, 3.8) is 0 Å². The smallest absolute Gasteiger partial charge is 0.241 e. The zero-order valence-corrected chi connectivity index (χ0v) is 17.4. The van der Waals surface area contributed by atoms with Crippen LogP contribution < -0.4 is 4.72 Å². The molecule has 2 unspecified atom stereocenters. The fourth-order valence-corrected chi connectivity index (χ4v) is 5.53. The largest absolute Gasteiger partial charge is 0.242 e. The first kappa shape index (κ1) is 19.4. The van der Waals surface area contributed by atoms with Crippen LogP contribution in [0.5, 0.6) is 0 Å². The first-order chi connectivity index (χ1) is 11.6. The van der Waals surface area contributed by atoms with Crippen LogP contribution in [0.3, 0.4) is 0 Å². The summed E-state index contributed by atoms with van der Waals surface area (Å²) in [5.74, 6) is -0.491. The van der Waals surface area contributed by atoms with Crippen molar-refractivity contribution in [2.75, 3.05) is 0 Å². The normalized spacial score (nSPS) is 30.7. The second-order valence-electron chi connectivity index (χ2n) is 8.49. The van der Waals surface area contributed by atoms with Crippen molar-refractivity contribution in [2.45, 2.75) is 70.1 Å². The van der Waals surface area contributed by atoms with E-state index in [-0.39, 0.29) is 16.2 Å². The van der Waals surface area contributed by atoms with Crippen molar-refractivity contribution >= 4 is 26.9 Å². The summed E-state index contributed by atoms with van der Waals surface area (Å²) in [7, 11) is -1.20. The molecule has 0 saturated heterocycles. The first-order valence-corrected chi connectivity index (χ1v) is 10.8. The van der Waals surface area contributed by atoms with Crippen molar-refractivity contribution in [3.05, 3.63) is 33.8 Å². The number of halogens is 3. The molecule has 1 fully saturated rings. The molecule has 3 rings (SSSR count). The average Bonchev–Trinajstić information content (AvgIpc) is 2.80. The Labute approximate surface area is 159 Å². The molecule has 0 aromatic heterocycles. The topological polar surface area (TPSA) is 29.1 Å². The van der Waals surface area contributed by atoms with Crippen LogP contribution >= 0.6 is 15.9 Å². The number of hydrogen-bond acceptors (Lipinski definition) is 1. The van der Waals surface area contributed by atoms with Gasteiger partial charge in [0.25, 0.3) is 0 Å². The molecule has 0 aliphatic heterocycles. The summed E-state index contributed by atoms with van der Waals surface area (Å²) in [5, 5.41) is 0. The quantitative estimate of drug-likeness (QED) is 0.665. The molecule has 25 heavy (non-hydrogen) atoms. The van der Waals surface area contributed by atoms with Gasteiger partial charge in [-0.2, -0.15) is 0 Å². The van der Waals surface area contributed by atoms with Gasteiger partial charge in [0.2, 0.25) is 6.43 Å². The van der Waals surface area contributed by atoms with Crippen LogP contribution in [0, 0.1) is 11.3 Å². The number of nitrogens with one attached hydrogen (secondary N) is 1. The van der Waals surface area contributed by atoms with Crippen molar-refractivity contribution in [2.24, 2.45) is 11.3 Å². The summed E-state index contributed by atoms with van der Waals surface area (Å²) in [5.41, 5.74) is 2.32. The van der Waals surface area contributed by atoms with Crippen LogP contribution in [0.4, 0.5) is 8.78 Å². The Morgan fingerprint density at radius 1 is 1.28 bits per heavy atom. The fourth-order valence-electron chi connectivity index (χ4n) is 4.21. The third kappa shape index (κ3) is 3.86. The lowest BCUT2D eigenvalue weighted by Gasteiger charge is -2.42. The highest BCUT2D eigenvalue weighted by molar-refractivity contribution is 9.10. The molecular weight excluding hydrogens is 408 g/mol. The summed E-state index contributed by atoms with van der Waals surface area (Å²) in [6, 6.07) is 6.20. The zero-order chi connectivity index (χ0) is 18.4. The molecule has 140 valence electrons. The van der Waals surface area contributed by atoms with E-state index in [1.54, 1.807) is 0 Å². The summed E-state index contributed by atoms with van der Waals surface area (Å²) in [6.45, 7) is 5.85. The molecule has 1 N–H and O–H groups in total. The van der Waals surface area contributed by atoms with E-state index in [9.17, 15) is 13.0 Å². The molecule has 1 spiro atoms. The molecule has 2 atom stereocenters. The van der Waals surface area contributed by atoms with Gasteiger partial charge in [-0.05, 0) is 81.5 Å². The van der Waals surface area contributed by atoms with Gasteiger partial charge in [-0.25, -0.2) is 17.7 Å². The van der Waals surface area contributed by atoms with Gasteiger partial charge < -0.3 is 0 Å². The Bertz CT molecular complexity index is 666. The van der Waals surface area contributed by atoms with Gasteiger partial charge in [0.05, 0.1) is 21.8 Å². The maximum atomic E-state index is 13.1. The molecule has 0 radical (unpaired) electrons. The minimum atomic E-state index is -2.23. The van der Waals surface area contributed by atoms with Crippen LogP contribution in [-0.4, -0.2) is 15.4 Å². The number of rotatable bonds is 3. The Hall–Kier alpha value is -0.330. The highest BCUT2D eigenvalue weighted by Crippen LogP contribution is 2.56. The Morgan fingerprint density at radius 3 is 2.48 bits per heavy atom. The lowest BCUT2D eigenvalue weighted by atomic mass is 9.67. The van der Waals surface area contributed by atoms with E-state index >= 15 is 0 Å². The molecule has 1 saturated carbocycles. The van der Waals surface area contributed by atoms with Gasteiger partial charge in [0.15, 0.2) is 0 Å². The highest BCUT2D eigenvalue weighted by Gasteiger charge is 2.49. The van der Waals surface area contributed by atoms with Crippen molar-refractivity contribution in [1.29, 1.82) is 0 Å². The standard InChI is InChI=1S/C19H26BrF2NOS/c1-18(2,3)25(24)23-16-15-10-14(20)5-4-13(15)11-19(16)8-6-12(7-9-19)17(21)22/h4-5,10,12,16-17,23H,6-9,11H2,1-3H3. The minimum Gasteiger partial charge on any atom is -0.242 e. The lowest BCUT2D eigenvalue weighted by Crippen LogP contribution is -2.43. The monoisotopic (exact) mass is 433 g/mol. The van der Waals surface area contributed by atoms with Crippen molar-refractivity contribution in [3.8, 4) is 0 Å². The van der Waals surface area contributed by atoms with Crippen molar-refractivity contribution in [1.82, 2.24) is 4.72 Å². The molecule has 2 nitrogen and oxygen atoms in total. The third-order valence-electron chi connectivity index (χ3n) is 5.74. The molecule has 6 heteroatoms. The molecule has 0 amide bonds. The molecule has 0 bridgehead atoms. The molecule has 2 aliphatic rings. The van der Waals surface area contributed by atoms with E-state index in [0.717, 1.165) is 23.7 Å². The van der Waals surface area contributed by atoms with E-state index in [1.165, 1.54) is 11.1 Å². The summed E-state index contributed by atoms with van der Waals surface area (Å²) in [4.78, 5) is 0. The van der Waals surface area contributed by atoms with Crippen molar-refractivity contribution < 1.29 is 13.0 Å². The van der Waals surface area contributed by atoms with Gasteiger partial charge in [0.1, 0.15) is 0 Å². The minimum absolute atomic E-state index is 0.0429. The lowest BCUT2D eigenvalue weighted by molar-refractivity contribution is 0.0176. The summed E-state index contributed by atoms with van der Waals surface area (Å²) >= 11 is 3.54.